The molecule has 2 aromatic rings. The number of hydrogen-bond acceptors (Lipinski definition) is 2. The van der Waals surface area contributed by atoms with E-state index >= 15 is 0 Å². The zero-order chi connectivity index (χ0) is 11.9. The normalized spacial score (nSPS) is 12.2. The van der Waals surface area contributed by atoms with Gasteiger partial charge in [0.15, 0.2) is 0 Å². The second kappa shape index (κ2) is 3.49. The van der Waals surface area contributed by atoms with Crippen molar-refractivity contribution in [2.75, 3.05) is 0 Å². The number of benzene rings is 1. The number of hydrogen-bond donors (Lipinski definition) is 2. The molecule has 0 amide bonds. The van der Waals surface area contributed by atoms with Crippen molar-refractivity contribution in [1.82, 2.24) is 9.55 Å². The van der Waals surface area contributed by atoms with E-state index in [0.29, 0.717) is 6.54 Å². The van der Waals surface area contributed by atoms with Crippen LogP contribution in [0.3, 0.4) is 0 Å². The summed E-state index contributed by atoms with van der Waals surface area (Å²) in [7, 11) is 0. The molecule has 0 spiro atoms. The molecule has 0 aliphatic heterocycles. The van der Waals surface area contributed by atoms with Gasteiger partial charge in [0.2, 0.25) is 0 Å². The van der Waals surface area contributed by atoms with Crippen molar-refractivity contribution in [1.29, 1.82) is 0 Å². The summed E-state index contributed by atoms with van der Waals surface area (Å²) in [6, 6.07) is 5.90. The van der Waals surface area contributed by atoms with Crippen LogP contribution in [0.15, 0.2) is 23.0 Å². The molecule has 86 valence electrons. The zero-order valence-electron chi connectivity index (χ0n) is 9.87. The quantitative estimate of drug-likeness (QED) is 0.801. The number of aromatic amines is 1. The SMILES string of the molecule is Cc1ccc2[nH]c(=O)n(CC(C)(C)N)c2c1. The molecule has 0 unspecified atom stereocenters. The summed E-state index contributed by atoms with van der Waals surface area (Å²) in [4.78, 5) is 14.6. The Bertz CT molecular complexity index is 572. The number of imidazole rings is 1. The first-order valence-corrected chi connectivity index (χ1v) is 5.35. The Balaban J connectivity index is 2.63. The summed E-state index contributed by atoms with van der Waals surface area (Å²) in [5.74, 6) is 0. The lowest BCUT2D eigenvalue weighted by Crippen LogP contribution is -2.39. The van der Waals surface area contributed by atoms with E-state index in [1.165, 1.54) is 0 Å². The maximum Gasteiger partial charge on any atom is 0.326 e. The fourth-order valence-corrected chi connectivity index (χ4v) is 1.83. The third-order valence-electron chi connectivity index (χ3n) is 2.50. The monoisotopic (exact) mass is 219 g/mol. The molecule has 0 saturated heterocycles. The van der Waals surface area contributed by atoms with Crippen molar-refractivity contribution in [3.63, 3.8) is 0 Å². The van der Waals surface area contributed by atoms with E-state index in [0.717, 1.165) is 16.6 Å². The molecule has 16 heavy (non-hydrogen) atoms. The van der Waals surface area contributed by atoms with E-state index < -0.39 is 5.54 Å². The van der Waals surface area contributed by atoms with Crippen molar-refractivity contribution in [2.24, 2.45) is 5.73 Å². The zero-order valence-corrected chi connectivity index (χ0v) is 9.87. The fourth-order valence-electron chi connectivity index (χ4n) is 1.83. The largest absolute Gasteiger partial charge is 0.326 e. The van der Waals surface area contributed by atoms with Crippen LogP contribution in [0.25, 0.3) is 11.0 Å². The molecule has 1 heterocycles. The lowest BCUT2D eigenvalue weighted by Gasteiger charge is -2.18. The summed E-state index contributed by atoms with van der Waals surface area (Å²) in [5.41, 5.74) is 8.37. The highest BCUT2D eigenvalue weighted by Gasteiger charge is 2.15. The van der Waals surface area contributed by atoms with E-state index in [2.05, 4.69) is 4.98 Å². The molecule has 0 aliphatic rings. The van der Waals surface area contributed by atoms with Gasteiger partial charge in [-0.15, -0.1) is 0 Å². The summed E-state index contributed by atoms with van der Waals surface area (Å²) in [6.07, 6.45) is 0. The molecule has 2 rings (SSSR count). The van der Waals surface area contributed by atoms with Crippen molar-refractivity contribution in [2.45, 2.75) is 32.9 Å². The van der Waals surface area contributed by atoms with E-state index in [1.807, 2.05) is 39.0 Å². The summed E-state index contributed by atoms with van der Waals surface area (Å²) >= 11 is 0. The van der Waals surface area contributed by atoms with Crippen LogP contribution in [0, 0.1) is 6.92 Å². The average molecular weight is 219 g/mol. The number of nitrogens with zero attached hydrogens (tertiary/aromatic N) is 1. The smallest absolute Gasteiger partial charge is 0.324 e. The highest BCUT2D eigenvalue weighted by atomic mass is 16.1. The van der Waals surface area contributed by atoms with Gasteiger partial charge in [-0.05, 0) is 38.5 Å². The van der Waals surface area contributed by atoms with Crippen LogP contribution >= 0.6 is 0 Å². The molecule has 1 aromatic carbocycles. The minimum Gasteiger partial charge on any atom is -0.324 e. The molecule has 0 bridgehead atoms. The first-order chi connectivity index (χ1) is 7.37. The standard InChI is InChI=1S/C12H17N3O/c1-8-4-5-9-10(6-8)15(11(16)14-9)7-12(2,3)13/h4-6H,7,13H2,1-3H3,(H,14,16). The molecule has 3 N–H and O–H groups in total. The number of aromatic nitrogens is 2. The van der Waals surface area contributed by atoms with Crippen molar-refractivity contribution >= 4 is 11.0 Å². The lowest BCUT2D eigenvalue weighted by molar-refractivity contribution is 0.434. The second-order valence-electron chi connectivity index (χ2n) is 5.03. The van der Waals surface area contributed by atoms with Crippen molar-refractivity contribution in [3.8, 4) is 0 Å². The number of fused-ring (bicyclic) bond motifs is 1. The van der Waals surface area contributed by atoms with Gasteiger partial charge >= 0.3 is 5.69 Å². The van der Waals surface area contributed by atoms with Gasteiger partial charge in [0, 0.05) is 12.1 Å². The van der Waals surface area contributed by atoms with Gasteiger partial charge in [0.1, 0.15) is 0 Å². The van der Waals surface area contributed by atoms with Gasteiger partial charge < -0.3 is 10.7 Å². The number of nitrogens with two attached hydrogens (primary N) is 1. The molecule has 0 fully saturated rings. The first-order valence-electron chi connectivity index (χ1n) is 5.35. The van der Waals surface area contributed by atoms with Crippen LogP contribution in [0.2, 0.25) is 0 Å². The Hall–Kier alpha value is -1.55. The first kappa shape index (κ1) is 11.0. The molecular formula is C12H17N3O. The summed E-state index contributed by atoms with van der Waals surface area (Å²) < 4.78 is 1.70. The van der Waals surface area contributed by atoms with E-state index in [4.69, 9.17) is 5.73 Å². The van der Waals surface area contributed by atoms with Gasteiger partial charge in [-0.25, -0.2) is 4.79 Å². The van der Waals surface area contributed by atoms with Crippen LogP contribution in [-0.4, -0.2) is 15.1 Å². The van der Waals surface area contributed by atoms with Crippen LogP contribution in [0.1, 0.15) is 19.4 Å². The molecule has 0 radical (unpaired) electrons. The average Bonchev–Trinajstić information content (AvgIpc) is 2.42. The van der Waals surface area contributed by atoms with Crippen molar-refractivity contribution in [3.05, 3.63) is 34.2 Å². The Morgan fingerprint density at radius 3 is 2.75 bits per heavy atom. The third kappa shape index (κ3) is 2.02. The molecule has 4 heteroatoms. The van der Waals surface area contributed by atoms with Crippen molar-refractivity contribution < 1.29 is 0 Å². The number of nitrogens with one attached hydrogen (secondary N) is 1. The minimum absolute atomic E-state index is 0.0980. The van der Waals surface area contributed by atoms with E-state index in [1.54, 1.807) is 4.57 Å². The predicted molar refractivity (Wildman–Crippen MR) is 65.6 cm³/mol. The van der Waals surface area contributed by atoms with Gasteiger partial charge in [0.25, 0.3) is 0 Å². The topological polar surface area (TPSA) is 63.8 Å². The number of H-pyrrole nitrogens is 1. The molecule has 1 aromatic heterocycles. The van der Waals surface area contributed by atoms with Crippen LogP contribution in [-0.2, 0) is 6.54 Å². The fraction of sp³-hybridized carbons (Fsp3) is 0.417. The summed E-state index contributed by atoms with van der Waals surface area (Å²) in [5, 5.41) is 0. The van der Waals surface area contributed by atoms with Gasteiger partial charge in [-0.3, -0.25) is 4.57 Å². The minimum atomic E-state index is -0.400. The summed E-state index contributed by atoms with van der Waals surface area (Å²) in [6.45, 7) is 6.34. The Morgan fingerprint density at radius 2 is 2.12 bits per heavy atom. The predicted octanol–water partition coefficient (Wildman–Crippen LogP) is 1.38. The van der Waals surface area contributed by atoms with Crippen LogP contribution in [0.5, 0.6) is 0 Å². The Morgan fingerprint density at radius 1 is 1.44 bits per heavy atom. The van der Waals surface area contributed by atoms with Crippen LogP contribution < -0.4 is 11.4 Å². The van der Waals surface area contributed by atoms with E-state index in [-0.39, 0.29) is 5.69 Å². The Labute approximate surface area is 94.1 Å². The number of aryl methyl sites for hydroxylation is 1. The van der Waals surface area contributed by atoms with Gasteiger partial charge in [0.05, 0.1) is 11.0 Å². The second-order valence-corrected chi connectivity index (χ2v) is 5.03. The molecule has 0 atom stereocenters. The maximum atomic E-state index is 11.8. The van der Waals surface area contributed by atoms with Gasteiger partial charge in [-0.1, -0.05) is 6.07 Å². The highest BCUT2D eigenvalue weighted by molar-refractivity contribution is 5.76. The molecule has 0 saturated carbocycles. The van der Waals surface area contributed by atoms with Gasteiger partial charge in [-0.2, -0.15) is 0 Å². The molecule has 4 nitrogen and oxygen atoms in total. The maximum absolute atomic E-state index is 11.8. The molecular weight excluding hydrogens is 202 g/mol. The molecule has 0 aliphatic carbocycles. The van der Waals surface area contributed by atoms with E-state index in [9.17, 15) is 4.79 Å². The third-order valence-corrected chi connectivity index (χ3v) is 2.50. The van der Waals surface area contributed by atoms with Crippen LogP contribution in [0.4, 0.5) is 0 Å². The Kier molecular flexibility index (Phi) is 2.39. The number of rotatable bonds is 2. The lowest BCUT2D eigenvalue weighted by atomic mass is 10.1. The highest BCUT2D eigenvalue weighted by Crippen LogP contribution is 2.14.